The molecule has 0 unspecified atom stereocenters. The van der Waals surface area contributed by atoms with Crippen molar-refractivity contribution in [2.45, 2.75) is 6.54 Å². The SMILES string of the molecule is Clc1ncc(CNc2cccc(C=Cc3ccncc3)c2)s1. The Morgan fingerprint density at radius 3 is 2.68 bits per heavy atom. The second-order valence-electron chi connectivity index (χ2n) is 4.67. The fourth-order valence-electron chi connectivity index (χ4n) is 1.97. The van der Waals surface area contributed by atoms with Crippen LogP contribution in [-0.4, -0.2) is 9.97 Å². The molecular formula is C17H14ClN3S. The van der Waals surface area contributed by atoms with Gasteiger partial charge in [0.1, 0.15) is 0 Å². The van der Waals surface area contributed by atoms with Gasteiger partial charge in [-0.15, -0.1) is 11.3 Å². The maximum atomic E-state index is 5.83. The Labute approximate surface area is 138 Å². The molecule has 3 rings (SSSR count). The Morgan fingerprint density at radius 1 is 1.09 bits per heavy atom. The van der Waals surface area contributed by atoms with Crippen molar-refractivity contribution in [1.82, 2.24) is 9.97 Å². The average Bonchev–Trinajstić information content (AvgIpc) is 2.98. The number of anilines is 1. The summed E-state index contributed by atoms with van der Waals surface area (Å²) in [6, 6.07) is 12.2. The topological polar surface area (TPSA) is 37.8 Å². The van der Waals surface area contributed by atoms with Crippen LogP contribution in [0.15, 0.2) is 55.0 Å². The highest BCUT2D eigenvalue weighted by Crippen LogP contribution is 2.20. The molecule has 1 aromatic carbocycles. The first-order valence-electron chi connectivity index (χ1n) is 6.82. The molecule has 5 heteroatoms. The van der Waals surface area contributed by atoms with Crippen LogP contribution in [0.2, 0.25) is 4.47 Å². The molecule has 0 saturated heterocycles. The van der Waals surface area contributed by atoms with E-state index in [1.165, 1.54) is 11.3 Å². The van der Waals surface area contributed by atoms with Gasteiger partial charge in [0.2, 0.25) is 0 Å². The molecule has 0 atom stereocenters. The summed E-state index contributed by atoms with van der Waals surface area (Å²) < 4.78 is 0.575. The zero-order chi connectivity index (χ0) is 15.2. The first-order valence-corrected chi connectivity index (χ1v) is 8.01. The normalized spacial score (nSPS) is 11.0. The second-order valence-corrected chi connectivity index (χ2v) is 6.37. The summed E-state index contributed by atoms with van der Waals surface area (Å²) >= 11 is 7.32. The highest BCUT2D eigenvalue weighted by molar-refractivity contribution is 7.15. The first kappa shape index (κ1) is 14.8. The van der Waals surface area contributed by atoms with Crippen molar-refractivity contribution in [2.24, 2.45) is 0 Å². The van der Waals surface area contributed by atoms with Gasteiger partial charge in [0.05, 0.1) is 6.54 Å². The molecule has 0 aliphatic carbocycles. The number of benzene rings is 1. The number of aromatic nitrogens is 2. The van der Waals surface area contributed by atoms with Crippen molar-refractivity contribution < 1.29 is 0 Å². The van der Waals surface area contributed by atoms with Gasteiger partial charge in [-0.2, -0.15) is 0 Å². The van der Waals surface area contributed by atoms with Crippen LogP contribution in [0.4, 0.5) is 5.69 Å². The molecule has 0 fully saturated rings. The van der Waals surface area contributed by atoms with Crippen LogP contribution in [0, 0.1) is 0 Å². The van der Waals surface area contributed by atoms with Gasteiger partial charge in [-0.3, -0.25) is 4.98 Å². The summed E-state index contributed by atoms with van der Waals surface area (Å²) in [6.07, 6.45) is 9.54. The molecule has 0 radical (unpaired) electrons. The van der Waals surface area contributed by atoms with Crippen LogP contribution >= 0.6 is 22.9 Å². The number of hydrogen-bond acceptors (Lipinski definition) is 4. The molecule has 0 amide bonds. The maximum Gasteiger partial charge on any atom is 0.183 e. The molecule has 0 bridgehead atoms. The van der Waals surface area contributed by atoms with E-state index < -0.39 is 0 Å². The molecule has 0 saturated carbocycles. The number of pyridine rings is 1. The van der Waals surface area contributed by atoms with E-state index in [1.807, 2.05) is 24.3 Å². The fourth-order valence-corrected chi connectivity index (χ4v) is 2.89. The lowest BCUT2D eigenvalue weighted by molar-refractivity contribution is 1.17. The van der Waals surface area contributed by atoms with Gasteiger partial charge < -0.3 is 5.32 Å². The number of hydrogen-bond donors (Lipinski definition) is 1. The van der Waals surface area contributed by atoms with Crippen molar-refractivity contribution in [1.29, 1.82) is 0 Å². The third-order valence-corrected chi connectivity index (χ3v) is 4.17. The molecular weight excluding hydrogens is 314 g/mol. The van der Waals surface area contributed by atoms with E-state index in [2.05, 4.69) is 39.6 Å². The third-order valence-electron chi connectivity index (χ3n) is 3.05. The van der Waals surface area contributed by atoms with Crippen molar-refractivity contribution in [2.75, 3.05) is 5.32 Å². The molecule has 0 aliphatic rings. The lowest BCUT2D eigenvalue weighted by Crippen LogP contribution is -1.97. The van der Waals surface area contributed by atoms with Gasteiger partial charge >= 0.3 is 0 Å². The molecule has 3 aromatic rings. The van der Waals surface area contributed by atoms with E-state index >= 15 is 0 Å². The summed E-state index contributed by atoms with van der Waals surface area (Å²) in [5, 5.41) is 3.38. The van der Waals surface area contributed by atoms with Crippen LogP contribution in [0.3, 0.4) is 0 Å². The Balaban J connectivity index is 1.66. The minimum absolute atomic E-state index is 0.575. The smallest absolute Gasteiger partial charge is 0.183 e. The Morgan fingerprint density at radius 2 is 1.91 bits per heavy atom. The summed E-state index contributed by atoms with van der Waals surface area (Å²) in [4.78, 5) is 9.16. The van der Waals surface area contributed by atoms with Gasteiger partial charge in [0.25, 0.3) is 0 Å². The third kappa shape index (κ3) is 4.16. The average molecular weight is 328 g/mol. The zero-order valence-corrected chi connectivity index (χ0v) is 13.3. The Bertz CT molecular complexity index is 768. The van der Waals surface area contributed by atoms with Crippen LogP contribution in [-0.2, 0) is 6.54 Å². The van der Waals surface area contributed by atoms with Gasteiger partial charge in [-0.05, 0) is 35.4 Å². The molecule has 2 aromatic heterocycles. The number of thiazole rings is 1. The predicted molar refractivity (Wildman–Crippen MR) is 94.1 cm³/mol. The molecule has 3 nitrogen and oxygen atoms in total. The molecule has 2 heterocycles. The fraction of sp³-hybridized carbons (Fsp3) is 0.0588. The van der Waals surface area contributed by atoms with Crippen LogP contribution < -0.4 is 5.32 Å². The minimum Gasteiger partial charge on any atom is -0.380 e. The van der Waals surface area contributed by atoms with Crippen LogP contribution in [0.25, 0.3) is 12.2 Å². The van der Waals surface area contributed by atoms with Crippen LogP contribution in [0.1, 0.15) is 16.0 Å². The van der Waals surface area contributed by atoms with Gasteiger partial charge in [0.15, 0.2) is 4.47 Å². The van der Waals surface area contributed by atoms with E-state index in [9.17, 15) is 0 Å². The van der Waals surface area contributed by atoms with E-state index in [0.717, 1.165) is 28.2 Å². The van der Waals surface area contributed by atoms with E-state index in [4.69, 9.17) is 11.6 Å². The second kappa shape index (κ2) is 7.20. The summed E-state index contributed by atoms with van der Waals surface area (Å²) in [7, 11) is 0. The maximum absolute atomic E-state index is 5.83. The monoisotopic (exact) mass is 327 g/mol. The quantitative estimate of drug-likeness (QED) is 0.718. The largest absolute Gasteiger partial charge is 0.380 e. The Kier molecular flexibility index (Phi) is 4.83. The lowest BCUT2D eigenvalue weighted by atomic mass is 10.1. The molecule has 0 spiro atoms. The van der Waals surface area contributed by atoms with Crippen molar-refractivity contribution in [3.8, 4) is 0 Å². The Hall–Kier alpha value is -2.17. The van der Waals surface area contributed by atoms with Crippen molar-refractivity contribution >= 4 is 40.8 Å². The zero-order valence-electron chi connectivity index (χ0n) is 11.7. The number of nitrogens with one attached hydrogen (secondary N) is 1. The summed E-state index contributed by atoms with van der Waals surface area (Å²) in [5.74, 6) is 0. The standard InChI is InChI=1S/C17H14ClN3S/c18-17-21-12-16(22-17)11-20-15-3-1-2-14(10-15)5-4-13-6-8-19-9-7-13/h1-10,12,20H,11H2. The minimum atomic E-state index is 0.575. The number of nitrogens with zero attached hydrogens (tertiary/aromatic N) is 2. The van der Waals surface area contributed by atoms with E-state index in [0.29, 0.717) is 4.47 Å². The highest BCUT2D eigenvalue weighted by atomic mass is 35.5. The number of rotatable bonds is 5. The van der Waals surface area contributed by atoms with Crippen molar-refractivity contribution in [3.63, 3.8) is 0 Å². The summed E-state index contributed by atoms with van der Waals surface area (Å²) in [5.41, 5.74) is 3.35. The molecule has 1 N–H and O–H groups in total. The molecule has 0 aliphatic heterocycles. The van der Waals surface area contributed by atoms with Crippen LogP contribution in [0.5, 0.6) is 0 Å². The molecule has 110 valence electrons. The van der Waals surface area contributed by atoms with Gasteiger partial charge in [-0.1, -0.05) is 35.9 Å². The highest BCUT2D eigenvalue weighted by Gasteiger charge is 1.99. The lowest BCUT2D eigenvalue weighted by Gasteiger charge is -2.05. The van der Waals surface area contributed by atoms with Gasteiger partial charge in [-0.25, -0.2) is 4.98 Å². The predicted octanol–water partition coefficient (Wildman–Crippen LogP) is 4.97. The van der Waals surface area contributed by atoms with E-state index in [-0.39, 0.29) is 0 Å². The van der Waals surface area contributed by atoms with Crippen molar-refractivity contribution in [3.05, 3.63) is 75.5 Å². The van der Waals surface area contributed by atoms with E-state index in [1.54, 1.807) is 18.6 Å². The molecule has 22 heavy (non-hydrogen) atoms. The number of halogens is 1. The van der Waals surface area contributed by atoms with Gasteiger partial charge in [0, 0.05) is 29.2 Å². The first-order chi connectivity index (χ1) is 10.8. The summed E-state index contributed by atoms with van der Waals surface area (Å²) in [6.45, 7) is 0.724.